The Bertz CT molecular complexity index is 876. The molecule has 2 fully saturated rings. The Balaban J connectivity index is 1.55. The van der Waals surface area contributed by atoms with Gasteiger partial charge in [0.25, 0.3) is 0 Å². The molecule has 1 aromatic rings. The second kappa shape index (κ2) is 9.46. The maximum absolute atomic E-state index is 12.8. The van der Waals surface area contributed by atoms with E-state index in [4.69, 9.17) is 5.26 Å². The minimum absolute atomic E-state index is 0.0353. The van der Waals surface area contributed by atoms with Crippen LogP contribution in [0.1, 0.15) is 50.5 Å². The summed E-state index contributed by atoms with van der Waals surface area (Å²) in [5.74, 6) is -0.113. The fourth-order valence-electron chi connectivity index (χ4n) is 4.60. The molecule has 7 nitrogen and oxygen atoms in total. The predicted octanol–water partition coefficient (Wildman–Crippen LogP) is 2.34. The van der Waals surface area contributed by atoms with Crippen molar-refractivity contribution in [3.63, 3.8) is 0 Å². The van der Waals surface area contributed by atoms with Crippen molar-refractivity contribution in [1.82, 2.24) is 14.5 Å². The molecule has 8 heteroatoms. The molecule has 30 heavy (non-hydrogen) atoms. The van der Waals surface area contributed by atoms with Crippen molar-refractivity contribution in [3.8, 4) is 6.07 Å². The lowest BCUT2D eigenvalue weighted by atomic mass is 9.80. The standard InChI is InChI=1S/C22H32N4O3S/c1-25(2)22(12-4-3-5-13-22)17-24-21(27)19-10-14-26(15-11-19)30(28,29)20-8-6-18(16-23)7-9-20/h6-9,19H,3-5,10-15,17H2,1-2H3,(H,24,27). The molecular formula is C22H32N4O3S. The van der Waals surface area contributed by atoms with Crippen LogP contribution in [0.4, 0.5) is 0 Å². The number of hydrogen-bond acceptors (Lipinski definition) is 5. The summed E-state index contributed by atoms with van der Waals surface area (Å²) in [7, 11) is 0.574. The van der Waals surface area contributed by atoms with Crippen LogP contribution in [0, 0.1) is 17.2 Å². The maximum Gasteiger partial charge on any atom is 0.243 e. The summed E-state index contributed by atoms with van der Waals surface area (Å²) in [6, 6.07) is 7.96. The van der Waals surface area contributed by atoms with E-state index in [0.29, 0.717) is 38.0 Å². The summed E-state index contributed by atoms with van der Waals surface area (Å²) in [5.41, 5.74) is 0.464. The third-order valence-corrected chi connectivity index (χ3v) is 8.68. The fourth-order valence-corrected chi connectivity index (χ4v) is 6.07. The van der Waals surface area contributed by atoms with Crippen LogP contribution in [0.5, 0.6) is 0 Å². The van der Waals surface area contributed by atoms with E-state index in [1.807, 2.05) is 6.07 Å². The highest BCUT2D eigenvalue weighted by atomic mass is 32.2. The predicted molar refractivity (Wildman–Crippen MR) is 115 cm³/mol. The Kier molecular flexibility index (Phi) is 7.17. The van der Waals surface area contributed by atoms with Crippen LogP contribution in [-0.4, -0.2) is 62.8 Å². The Morgan fingerprint density at radius 1 is 1.17 bits per heavy atom. The lowest BCUT2D eigenvalue weighted by Gasteiger charge is -2.43. The second-order valence-corrected chi connectivity index (χ2v) is 10.6. The zero-order valence-corrected chi connectivity index (χ0v) is 18.7. The largest absolute Gasteiger partial charge is 0.354 e. The van der Waals surface area contributed by atoms with Crippen LogP contribution in [-0.2, 0) is 14.8 Å². The molecular weight excluding hydrogens is 400 g/mol. The highest BCUT2D eigenvalue weighted by Gasteiger charge is 2.36. The van der Waals surface area contributed by atoms with E-state index < -0.39 is 10.0 Å². The molecule has 3 rings (SSSR count). The number of hydrogen-bond donors (Lipinski definition) is 1. The topological polar surface area (TPSA) is 93.5 Å². The van der Waals surface area contributed by atoms with E-state index in [1.165, 1.54) is 47.8 Å². The zero-order chi connectivity index (χ0) is 21.8. The highest BCUT2D eigenvalue weighted by molar-refractivity contribution is 7.89. The molecule has 2 aliphatic rings. The van der Waals surface area contributed by atoms with Gasteiger partial charge in [-0.05, 0) is 64.0 Å². The van der Waals surface area contributed by atoms with Crippen molar-refractivity contribution in [3.05, 3.63) is 29.8 Å². The Morgan fingerprint density at radius 2 is 1.77 bits per heavy atom. The van der Waals surface area contributed by atoms with E-state index in [1.54, 1.807) is 0 Å². The van der Waals surface area contributed by atoms with Gasteiger partial charge < -0.3 is 10.2 Å². The third-order valence-electron chi connectivity index (χ3n) is 6.77. The van der Waals surface area contributed by atoms with Crippen molar-refractivity contribution < 1.29 is 13.2 Å². The van der Waals surface area contributed by atoms with Gasteiger partial charge in [0.05, 0.1) is 16.5 Å². The number of piperidine rings is 1. The lowest BCUT2D eigenvalue weighted by molar-refractivity contribution is -0.126. The van der Waals surface area contributed by atoms with E-state index in [2.05, 4.69) is 24.3 Å². The molecule has 0 radical (unpaired) electrons. The van der Waals surface area contributed by atoms with Crippen LogP contribution < -0.4 is 5.32 Å². The molecule has 0 unspecified atom stereocenters. The molecule has 1 aromatic carbocycles. The molecule has 1 saturated carbocycles. The smallest absolute Gasteiger partial charge is 0.243 e. The second-order valence-electron chi connectivity index (χ2n) is 8.71. The Labute approximate surface area is 180 Å². The van der Waals surface area contributed by atoms with E-state index in [0.717, 1.165) is 12.8 Å². The van der Waals surface area contributed by atoms with Gasteiger partial charge in [0, 0.05) is 31.1 Å². The van der Waals surface area contributed by atoms with Crippen LogP contribution >= 0.6 is 0 Å². The SMILES string of the molecule is CN(C)C1(CNC(=O)C2CCN(S(=O)(=O)c3ccc(C#N)cc3)CC2)CCCCC1. The average molecular weight is 433 g/mol. The van der Waals surface area contributed by atoms with Crippen molar-refractivity contribution in [1.29, 1.82) is 5.26 Å². The normalized spacial score (nSPS) is 20.6. The van der Waals surface area contributed by atoms with Gasteiger partial charge in [0.15, 0.2) is 0 Å². The molecule has 0 bridgehead atoms. The number of likely N-dealkylation sites (N-methyl/N-ethyl adjacent to an activating group) is 1. The highest BCUT2D eigenvalue weighted by Crippen LogP contribution is 2.32. The molecule has 1 N–H and O–H groups in total. The number of carbonyl (C=O) groups is 1. The maximum atomic E-state index is 12.8. The van der Waals surface area contributed by atoms with Gasteiger partial charge in [-0.3, -0.25) is 4.79 Å². The first-order valence-corrected chi connectivity index (χ1v) is 12.2. The Hall–Kier alpha value is -1.95. The number of nitrogens with zero attached hydrogens (tertiary/aromatic N) is 3. The van der Waals surface area contributed by atoms with E-state index in [-0.39, 0.29) is 22.3 Å². The van der Waals surface area contributed by atoms with Gasteiger partial charge in [-0.15, -0.1) is 0 Å². The molecule has 164 valence electrons. The Morgan fingerprint density at radius 3 is 2.30 bits per heavy atom. The summed E-state index contributed by atoms with van der Waals surface area (Å²) in [6.45, 7) is 1.32. The summed E-state index contributed by atoms with van der Waals surface area (Å²) in [5, 5.41) is 12.0. The van der Waals surface area contributed by atoms with E-state index >= 15 is 0 Å². The molecule has 1 amide bonds. The van der Waals surface area contributed by atoms with E-state index in [9.17, 15) is 13.2 Å². The minimum Gasteiger partial charge on any atom is -0.354 e. The molecule has 0 aromatic heterocycles. The van der Waals surface area contributed by atoms with Crippen molar-refractivity contribution in [2.75, 3.05) is 33.7 Å². The number of sulfonamides is 1. The van der Waals surface area contributed by atoms with Gasteiger partial charge in [0.1, 0.15) is 0 Å². The van der Waals surface area contributed by atoms with Gasteiger partial charge in [-0.1, -0.05) is 19.3 Å². The molecule has 1 heterocycles. The van der Waals surface area contributed by atoms with Crippen molar-refractivity contribution in [2.24, 2.45) is 5.92 Å². The van der Waals surface area contributed by atoms with Crippen LogP contribution in [0.25, 0.3) is 0 Å². The van der Waals surface area contributed by atoms with Crippen LogP contribution in [0.3, 0.4) is 0 Å². The number of carbonyl (C=O) groups excluding carboxylic acids is 1. The van der Waals surface area contributed by atoms with Crippen molar-refractivity contribution in [2.45, 2.75) is 55.4 Å². The first kappa shape index (κ1) is 22.7. The summed E-state index contributed by atoms with van der Waals surface area (Å²) in [4.78, 5) is 15.2. The van der Waals surface area contributed by atoms with Crippen molar-refractivity contribution >= 4 is 15.9 Å². The number of nitrogens with one attached hydrogen (secondary N) is 1. The monoisotopic (exact) mass is 432 g/mol. The lowest BCUT2D eigenvalue weighted by Crippen LogP contribution is -2.55. The molecule has 1 aliphatic heterocycles. The number of nitriles is 1. The quantitative estimate of drug-likeness (QED) is 0.745. The summed E-state index contributed by atoms with van der Waals surface area (Å²) < 4.78 is 27.1. The van der Waals surface area contributed by atoms with Gasteiger partial charge in [0.2, 0.25) is 15.9 Å². The number of benzene rings is 1. The zero-order valence-electron chi connectivity index (χ0n) is 17.9. The molecule has 0 atom stereocenters. The number of rotatable bonds is 6. The minimum atomic E-state index is -3.60. The molecule has 1 saturated heterocycles. The average Bonchev–Trinajstić information content (AvgIpc) is 2.78. The molecule has 1 aliphatic carbocycles. The number of amides is 1. The first-order chi connectivity index (χ1) is 14.3. The van der Waals surface area contributed by atoms with Crippen LogP contribution in [0.2, 0.25) is 0 Å². The van der Waals surface area contributed by atoms with Gasteiger partial charge in [-0.2, -0.15) is 9.57 Å². The van der Waals surface area contributed by atoms with Crippen LogP contribution in [0.15, 0.2) is 29.2 Å². The fraction of sp³-hybridized carbons (Fsp3) is 0.636. The van der Waals surface area contributed by atoms with Gasteiger partial charge in [-0.25, -0.2) is 8.42 Å². The first-order valence-electron chi connectivity index (χ1n) is 10.7. The summed E-state index contributed by atoms with van der Waals surface area (Å²) >= 11 is 0. The summed E-state index contributed by atoms with van der Waals surface area (Å²) in [6.07, 6.45) is 6.89. The third kappa shape index (κ3) is 4.85. The van der Waals surface area contributed by atoms with Gasteiger partial charge >= 0.3 is 0 Å². The molecule has 0 spiro atoms.